The maximum Gasteiger partial charge on any atom is 0.229 e. The van der Waals surface area contributed by atoms with Crippen molar-refractivity contribution in [3.05, 3.63) is 54.3 Å². The van der Waals surface area contributed by atoms with E-state index in [-0.39, 0.29) is 18.2 Å². The lowest BCUT2D eigenvalue weighted by Gasteiger charge is -2.09. The van der Waals surface area contributed by atoms with E-state index in [0.717, 1.165) is 17.0 Å². The van der Waals surface area contributed by atoms with Crippen molar-refractivity contribution < 1.29 is 9.13 Å². The van der Waals surface area contributed by atoms with Crippen LogP contribution in [0.15, 0.2) is 48.5 Å². The molecule has 5 nitrogen and oxygen atoms in total. The van der Waals surface area contributed by atoms with Gasteiger partial charge in [0, 0.05) is 12.7 Å². The Labute approximate surface area is 139 Å². The van der Waals surface area contributed by atoms with Gasteiger partial charge in [-0.1, -0.05) is 12.1 Å². The lowest BCUT2D eigenvalue weighted by molar-refractivity contribution is 0.416. The average molecular weight is 335 g/mol. The molecular formula is C16H16ClFN4O. The Morgan fingerprint density at radius 3 is 2.43 bits per heavy atom. The van der Waals surface area contributed by atoms with Crippen LogP contribution in [0.1, 0.15) is 0 Å². The van der Waals surface area contributed by atoms with Crippen LogP contribution >= 0.6 is 12.4 Å². The highest BCUT2D eigenvalue weighted by molar-refractivity contribution is 5.85. The van der Waals surface area contributed by atoms with Gasteiger partial charge in [0.1, 0.15) is 11.6 Å². The fourth-order valence-corrected chi connectivity index (χ4v) is 2.16. The third kappa shape index (κ3) is 3.43. The summed E-state index contributed by atoms with van der Waals surface area (Å²) >= 11 is 0. The highest BCUT2D eigenvalue weighted by Crippen LogP contribution is 2.29. The minimum Gasteiger partial charge on any atom is -0.496 e. The molecule has 0 radical (unpaired) electrons. The van der Waals surface area contributed by atoms with Crippen molar-refractivity contribution in [2.45, 2.75) is 0 Å². The molecule has 0 unspecified atom stereocenters. The molecule has 7 heteroatoms. The Morgan fingerprint density at radius 2 is 1.74 bits per heavy atom. The van der Waals surface area contributed by atoms with Crippen LogP contribution in [0, 0.1) is 5.82 Å². The molecule has 0 spiro atoms. The summed E-state index contributed by atoms with van der Waals surface area (Å²) in [5.41, 5.74) is 1.59. The normalized spacial score (nSPS) is 10.0. The van der Waals surface area contributed by atoms with Gasteiger partial charge in [-0.15, -0.1) is 22.6 Å². The van der Waals surface area contributed by atoms with Gasteiger partial charge in [0.05, 0.1) is 12.7 Å². The van der Waals surface area contributed by atoms with E-state index in [9.17, 15) is 4.39 Å². The Bertz CT molecular complexity index is 789. The number of nitrogens with one attached hydrogen (secondary N) is 1. The molecule has 0 saturated carbocycles. The van der Waals surface area contributed by atoms with E-state index in [1.54, 1.807) is 19.2 Å². The number of ether oxygens (including phenoxy) is 1. The van der Waals surface area contributed by atoms with Crippen LogP contribution in [0.3, 0.4) is 0 Å². The first-order valence-corrected chi connectivity index (χ1v) is 6.74. The predicted molar refractivity (Wildman–Crippen MR) is 89.9 cm³/mol. The number of nitrogens with zero attached hydrogens (tertiary/aromatic N) is 3. The monoisotopic (exact) mass is 334 g/mol. The lowest BCUT2D eigenvalue weighted by Crippen LogP contribution is -2.01. The van der Waals surface area contributed by atoms with Crippen molar-refractivity contribution >= 4 is 24.0 Å². The average Bonchev–Trinajstić information content (AvgIpc) is 2.90. The van der Waals surface area contributed by atoms with Gasteiger partial charge in [-0.2, -0.15) is 0 Å². The molecule has 3 aromatic rings. The molecular weight excluding hydrogens is 319 g/mol. The second-order valence-electron chi connectivity index (χ2n) is 4.74. The van der Waals surface area contributed by atoms with Gasteiger partial charge in [-0.05, 0) is 36.4 Å². The van der Waals surface area contributed by atoms with E-state index in [0.29, 0.717) is 11.8 Å². The van der Waals surface area contributed by atoms with Crippen LogP contribution in [0.4, 0.5) is 16.0 Å². The van der Waals surface area contributed by atoms with Gasteiger partial charge >= 0.3 is 0 Å². The van der Waals surface area contributed by atoms with Gasteiger partial charge in [0.2, 0.25) is 5.95 Å². The standard InChI is InChI=1S/C16H15FN4O.ClH/c1-21-15(13-5-3-4-6-14(13)22-2)19-20-16(21)18-12-9-7-11(17)8-10-12;/h3-10H,1-2H3,(H,18,20);1H. The number of para-hydroxylation sites is 1. The quantitative estimate of drug-likeness (QED) is 0.788. The maximum absolute atomic E-state index is 12.9. The largest absolute Gasteiger partial charge is 0.496 e. The Hall–Kier alpha value is -2.60. The summed E-state index contributed by atoms with van der Waals surface area (Å²) < 4.78 is 20.1. The first-order valence-electron chi connectivity index (χ1n) is 6.74. The van der Waals surface area contributed by atoms with E-state index in [1.165, 1.54) is 12.1 Å². The molecule has 0 bridgehead atoms. The molecule has 0 amide bonds. The molecule has 0 saturated heterocycles. The van der Waals surface area contributed by atoms with Gasteiger partial charge in [-0.25, -0.2) is 4.39 Å². The number of halogens is 2. The molecule has 0 atom stereocenters. The second kappa shape index (κ2) is 7.11. The Kier molecular flexibility index (Phi) is 5.18. The molecule has 1 aromatic heterocycles. The molecule has 23 heavy (non-hydrogen) atoms. The minimum absolute atomic E-state index is 0. The zero-order valence-corrected chi connectivity index (χ0v) is 13.5. The number of anilines is 2. The SMILES string of the molecule is COc1ccccc1-c1nnc(Nc2ccc(F)cc2)n1C.Cl. The third-order valence-electron chi connectivity index (χ3n) is 3.32. The number of methoxy groups -OCH3 is 1. The fourth-order valence-electron chi connectivity index (χ4n) is 2.16. The minimum atomic E-state index is -0.279. The predicted octanol–water partition coefficient (Wildman–Crippen LogP) is 3.80. The van der Waals surface area contributed by atoms with Crippen molar-refractivity contribution in [1.29, 1.82) is 0 Å². The highest BCUT2D eigenvalue weighted by atomic mass is 35.5. The second-order valence-corrected chi connectivity index (χ2v) is 4.74. The van der Waals surface area contributed by atoms with Gasteiger partial charge < -0.3 is 10.1 Å². The Balaban J connectivity index is 0.00000192. The van der Waals surface area contributed by atoms with Crippen molar-refractivity contribution in [3.63, 3.8) is 0 Å². The maximum atomic E-state index is 12.9. The van der Waals surface area contributed by atoms with Crippen LogP contribution in [0.2, 0.25) is 0 Å². The molecule has 0 aliphatic heterocycles. The summed E-state index contributed by atoms with van der Waals surface area (Å²) in [6.07, 6.45) is 0. The number of hydrogen-bond donors (Lipinski definition) is 1. The molecule has 0 fully saturated rings. The Morgan fingerprint density at radius 1 is 1.04 bits per heavy atom. The van der Waals surface area contributed by atoms with Crippen LogP contribution in [-0.2, 0) is 7.05 Å². The van der Waals surface area contributed by atoms with Crippen molar-refractivity contribution in [1.82, 2.24) is 14.8 Å². The number of hydrogen-bond acceptors (Lipinski definition) is 4. The number of aromatic nitrogens is 3. The van der Waals surface area contributed by atoms with Crippen molar-refractivity contribution in [2.75, 3.05) is 12.4 Å². The van der Waals surface area contributed by atoms with Crippen molar-refractivity contribution in [2.24, 2.45) is 7.05 Å². The summed E-state index contributed by atoms with van der Waals surface area (Å²) in [4.78, 5) is 0. The molecule has 0 aliphatic carbocycles. The van der Waals surface area contributed by atoms with Crippen molar-refractivity contribution in [3.8, 4) is 17.1 Å². The topological polar surface area (TPSA) is 52.0 Å². The molecule has 2 aromatic carbocycles. The summed E-state index contributed by atoms with van der Waals surface area (Å²) in [6, 6.07) is 13.7. The fraction of sp³-hybridized carbons (Fsp3) is 0.125. The summed E-state index contributed by atoms with van der Waals surface area (Å²) in [6.45, 7) is 0. The van der Waals surface area contributed by atoms with Gasteiger partial charge in [-0.3, -0.25) is 4.57 Å². The lowest BCUT2D eigenvalue weighted by atomic mass is 10.2. The van der Waals surface area contributed by atoms with E-state index in [1.807, 2.05) is 35.9 Å². The van der Waals surface area contributed by atoms with Crippen LogP contribution < -0.4 is 10.1 Å². The van der Waals surface area contributed by atoms with Crippen LogP contribution in [0.5, 0.6) is 5.75 Å². The van der Waals surface area contributed by atoms with Gasteiger partial charge in [0.25, 0.3) is 0 Å². The zero-order valence-electron chi connectivity index (χ0n) is 12.7. The summed E-state index contributed by atoms with van der Waals surface area (Å²) in [7, 11) is 3.47. The van der Waals surface area contributed by atoms with E-state index >= 15 is 0 Å². The third-order valence-corrected chi connectivity index (χ3v) is 3.32. The van der Waals surface area contributed by atoms with Crippen LogP contribution in [-0.4, -0.2) is 21.9 Å². The smallest absolute Gasteiger partial charge is 0.229 e. The number of benzene rings is 2. The molecule has 1 heterocycles. The first kappa shape index (κ1) is 16.8. The molecule has 3 rings (SSSR count). The van der Waals surface area contributed by atoms with E-state index in [2.05, 4.69) is 15.5 Å². The summed E-state index contributed by atoms with van der Waals surface area (Å²) in [5.74, 6) is 1.69. The first-order chi connectivity index (χ1) is 10.7. The van der Waals surface area contributed by atoms with E-state index < -0.39 is 0 Å². The highest BCUT2D eigenvalue weighted by Gasteiger charge is 2.14. The summed E-state index contributed by atoms with van der Waals surface area (Å²) in [5, 5.41) is 11.5. The van der Waals surface area contributed by atoms with Crippen LogP contribution in [0.25, 0.3) is 11.4 Å². The number of rotatable bonds is 4. The van der Waals surface area contributed by atoms with Gasteiger partial charge in [0.15, 0.2) is 5.82 Å². The molecule has 1 N–H and O–H groups in total. The zero-order chi connectivity index (χ0) is 15.5. The van der Waals surface area contributed by atoms with E-state index in [4.69, 9.17) is 4.74 Å². The molecule has 120 valence electrons. The molecule has 0 aliphatic rings.